The average Bonchev–Trinajstić information content (AvgIpc) is 3.41. The number of hydrogen-bond acceptors (Lipinski definition) is 17. The highest BCUT2D eigenvalue weighted by molar-refractivity contribution is 7.89. The fourth-order valence-electron chi connectivity index (χ4n) is 7.03. The van der Waals surface area contributed by atoms with Gasteiger partial charge >= 0.3 is 0 Å². The van der Waals surface area contributed by atoms with Crippen LogP contribution in [-0.2, 0) is 68.3 Å². The van der Waals surface area contributed by atoms with E-state index >= 15 is 0 Å². The molecule has 0 saturated carbocycles. The molecule has 0 radical (unpaired) electrons. The molecule has 81 heavy (non-hydrogen) atoms. The van der Waals surface area contributed by atoms with Crippen molar-refractivity contribution in [3.63, 3.8) is 0 Å². The number of carbonyl (C=O) groups is 8. The number of rotatable bonds is 38. The summed E-state index contributed by atoms with van der Waals surface area (Å²) in [5, 5.41) is 34.4. The van der Waals surface area contributed by atoms with Crippen molar-refractivity contribution in [3.8, 4) is 0 Å². The van der Waals surface area contributed by atoms with Crippen molar-refractivity contribution in [1.29, 1.82) is 0 Å². The predicted molar refractivity (Wildman–Crippen MR) is 293 cm³/mol. The Labute approximate surface area is 471 Å². The SMILES string of the molecule is CN(C)C(=O)CCCC(=O)NC(COCCC(=O)NCCCNC(=O)c1ccc(S(N)(=O)=O)cc1)(COCCC(=O)NCCCNC(=O)c1ccc(S(N)(=O)=O)cc1)COCCC(=O)NCCCNC(=O)c1ccc(S(N)(=O)=O)cc1. The van der Waals surface area contributed by atoms with Gasteiger partial charge in [-0.3, -0.25) is 38.4 Å². The number of hydrogen-bond donors (Lipinski definition) is 10. The number of nitrogens with two attached hydrogens (primary N) is 3. The van der Waals surface area contributed by atoms with Gasteiger partial charge in [0.15, 0.2) is 0 Å². The van der Waals surface area contributed by atoms with E-state index in [9.17, 15) is 63.6 Å². The maximum atomic E-state index is 13.5. The van der Waals surface area contributed by atoms with Crippen LogP contribution in [0.1, 0.15) is 88.9 Å². The van der Waals surface area contributed by atoms with Gasteiger partial charge in [-0.2, -0.15) is 0 Å². The van der Waals surface area contributed by atoms with Crippen molar-refractivity contribution in [1.82, 2.24) is 42.1 Å². The lowest BCUT2D eigenvalue weighted by Crippen LogP contribution is -2.58. The highest BCUT2D eigenvalue weighted by Crippen LogP contribution is 2.14. The zero-order chi connectivity index (χ0) is 60.1. The summed E-state index contributed by atoms with van der Waals surface area (Å²) >= 11 is 0. The third-order valence-electron chi connectivity index (χ3n) is 11.5. The molecule has 13 N–H and O–H groups in total. The zero-order valence-corrected chi connectivity index (χ0v) is 47.6. The summed E-state index contributed by atoms with van der Waals surface area (Å²) in [6, 6.07) is 15.2. The van der Waals surface area contributed by atoms with Crippen LogP contribution in [0.15, 0.2) is 87.5 Å². The van der Waals surface area contributed by atoms with Gasteiger partial charge in [0.1, 0.15) is 5.54 Å². The molecule has 3 aromatic rings. The number of ether oxygens (including phenoxy) is 3. The molecular formula is C50H73N11O17S3. The molecule has 8 amide bonds. The third-order valence-corrected chi connectivity index (χ3v) is 14.3. The van der Waals surface area contributed by atoms with Crippen molar-refractivity contribution in [2.45, 2.75) is 78.0 Å². The second-order valence-corrected chi connectivity index (χ2v) is 23.1. The molecular weight excluding hydrogens is 1120 g/mol. The van der Waals surface area contributed by atoms with Gasteiger partial charge in [-0.25, -0.2) is 40.7 Å². The summed E-state index contributed by atoms with van der Waals surface area (Å²) in [6.07, 6.45) is 0.835. The Morgan fingerprint density at radius 3 is 0.963 bits per heavy atom. The predicted octanol–water partition coefficient (Wildman–Crippen LogP) is -1.93. The largest absolute Gasteiger partial charge is 0.378 e. The van der Waals surface area contributed by atoms with Crippen molar-refractivity contribution in [2.75, 3.05) is 93.0 Å². The molecule has 0 aromatic heterocycles. The minimum absolute atomic E-state index is 0.0766. The van der Waals surface area contributed by atoms with Crippen molar-refractivity contribution in [3.05, 3.63) is 89.5 Å². The second kappa shape index (κ2) is 34.3. The summed E-state index contributed by atoms with van der Waals surface area (Å²) in [4.78, 5) is 103. The van der Waals surface area contributed by atoms with Crippen LogP contribution in [0, 0.1) is 0 Å². The topological polar surface area (TPSA) is 432 Å². The molecule has 3 aromatic carbocycles. The Morgan fingerprint density at radius 2 is 0.691 bits per heavy atom. The molecule has 3 rings (SSSR count). The van der Waals surface area contributed by atoms with Gasteiger partial charge in [0, 0.05) is 102 Å². The standard InChI is InChI=1S/C50H73N11O17S3/c1-61(2)46(66)8-3-7-45(65)60-50(33-76-30-21-42(62)54-24-4-27-57-47(67)36-9-15-39(16-10-36)79(51,70)71,34-77-31-22-43(63)55-25-5-28-58-48(68)37-11-17-40(18-12-37)80(52,72)73)35-78-32-23-44(64)56-26-6-29-59-49(69)38-13-19-41(20-14-38)81(53,74)75/h9-20H,3-8,21-35H2,1-2H3,(H,54,62)(H,55,63)(H,56,64)(H,57,67)(H,58,68)(H,59,69)(H,60,65)(H2,51,70,71)(H2,52,72,73)(H2,53,74,75). The van der Waals surface area contributed by atoms with Crippen LogP contribution in [0.4, 0.5) is 0 Å². The summed E-state index contributed by atoms with van der Waals surface area (Å²) in [5.41, 5.74) is -0.841. The van der Waals surface area contributed by atoms with E-state index in [1.54, 1.807) is 14.1 Å². The van der Waals surface area contributed by atoms with E-state index in [4.69, 9.17) is 29.6 Å². The van der Waals surface area contributed by atoms with Gasteiger partial charge < -0.3 is 56.3 Å². The van der Waals surface area contributed by atoms with E-state index in [-0.39, 0.29) is 155 Å². The number of benzene rings is 3. The van der Waals surface area contributed by atoms with E-state index in [0.717, 1.165) is 0 Å². The van der Waals surface area contributed by atoms with Crippen molar-refractivity contribution in [2.24, 2.45) is 15.4 Å². The molecule has 0 heterocycles. The van der Waals surface area contributed by atoms with Gasteiger partial charge in [-0.1, -0.05) is 0 Å². The minimum atomic E-state index is -3.93. The van der Waals surface area contributed by atoms with Crippen LogP contribution in [0.5, 0.6) is 0 Å². The van der Waals surface area contributed by atoms with E-state index < -0.39 is 77.0 Å². The first-order valence-electron chi connectivity index (χ1n) is 25.5. The first-order chi connectivity index (χ1) is 38.2. The number of sulfonamides is 3. The summed E-state index contributed by atoms with van der Waals surface area (Å²) in [6.45, 7) is -0.204. The van der Waals surface area contributed by atoms with Crippen molar-refractivity contribution < 1.29 is 77.8 Å². The molecule has 0 aliphatic heterocycles. The van der Waals surface area contributed by atoms with Gasteiger partial charge in [-0.15, -0.1) is 0 Å². The fourth-order valence-corrected chi connectivity index (χ4v) is 8.57. The fraction of sp³-hybridized carbons (Fsp3) is 0.480. The first-order valence-corrected chi connectivity index (χ1v) is 30.1. The van der Waals surface area contributed by atoms with Crippen LogP contribution >= 0.6 is 0 Å². The Kier molecular flexibility index (Phi) is 29.0. The van der Waals surface area contributed by atoms with Crippen LogP contribution < -0.4 is 52.6 Å². The lowest BCUT2D eigenvalue weighted by molar-refractivity contribution is -0.132. The zero-order valence-electron chi connectivity index (χ0n) is 45.1. The molecule has 0 fully saturated rings. The number of amides is 8. The van der Waals surface area contributed by atoms with Crippen LogP contribution in [-0.4, -0.2) is 176 Å². The quantitative estimate of drug-likeness (QED) is 0.0279. The molecule has 0 saturated heterocycles. The highest BCUT2D eigenvalue weighted by Gasteiger charge is 2.34. The normalized spacial score (nSPS) is 11.7. The van der Waals surface area contributed by atoms with E-state index in [0.29, 0.717) is 19.3 Å². The van der Waals surface area contributed by atoms with Crippen molar-refractivity contribution >= 4 is 77.3 Å². The van der Waals surface area contributed by atoms with E-state index in [1.807, 2.05) is 0 Å². The summed E-state index contributed by atoms with van der Waals surface area (Å²) in [7, 11) is -8.62. The molecule has 31 heteroatoms. The monoisotopic (exact) mass is 1200 g/mol. The minimum Gasteiger partial charge on any atom is -0.378 e. The molecule has 28 nitrogen and oxygen atoms in total. The molecule has 448 valence electrons. The molecule has 0 aliphatic rings. The van der Waals surface area contributed by atoms with Gasteiger partial charge in [0.05, 0.1) is 54.3 Å². The smallest absolute Gasteiger partial charge is 0.251 e. The number of nitrogens with zero attached hydrogens (tertiary/aromatic N) is 1. The van der Waals surface area contributed by atoms with Crippen LogP contribution in [0.25, 0.3) is 0 Å². The Balaban J connectivity index is 1.58. The van der Waals surface area contributed by atoms with E-state index in [1.165, 1.54) is 77.7 Å². The summed E-state index contributed by atoms with van der Waals surface area (Å²) < 4.78 is 86.9. The first kappa shape index (κ1) is 68.3. The number of primary sulfonamides is 3. The molecule has 0 spiro atoms. The Morgan fingerprint density at radius 1 is 0.407 bits per heavy atom. The molecule has 0 bridgehead atoms. The Bertz CT molecular complexity index is 2650. The summed E-state index contributed by atoms with van der Waals surface area (Å²) in [5.74, 6) is -3.29. The Hall–Kier alpha value is -6.97. The average molecular weight is 1200 g/mol. The number of carbonyl (C=O) groups excluding carboxylic acids is 8. The lowest BCUT2D eigenvalue weighted by Gasteiger charge is -2.34. The molecule has 0 atom stereocenters. The number of nitrogens with one attached hydrogen (secondary N) is 7. The van der Waals surface area contributed by atoms with Crippen LogP contribution in [0.2, 0.25) is 0 Å². The van der Waals surface area contributed by atoms with Crippen LogP contribution in [0.3, 0.4) is 0 Å². The maximum absolute atomic E-state index is 13.5. The van der Waals surface area contributed by atoms with Gasteiger partial charge in [0.2, 0.25) is 59.6 Å². The lowest BCUT2D eigenvalue weighted by atomic mass is 10.0. The van der Waals surface area contributed by atoms with Gasteiger partial charge in [-0.05, 0) is 98.5 Å². The second-order valence-electron chi connectivity index (χ2n) is 18.5. The van der Waals surface area contributed by atoms with Gasteiger partial charge in [0.25, 0.3) is 17.7 Å². The molecule has 0 unspecified atom stereocenters. The third kappa shape index (κ3) is 27.4. The highest BCUT2D eigenvalue weighted by atomic mass is 32.2. The maximum Gasteiger partial charge on any atom is 0.251 e. The van der Waals surface area contributed by atoms with E-state index in [2.05, 4.69) is 37.2 Å². The molecule has 0 aliphatic carbocycles.